The van der Waals surface area contributed by atoms with E-state index in [-0.39, 0.29) is 0 Å². The summed E-state index contributed by atoms with van der Waals surface area (Å²) in [5.74, 6) is 1.06. The summed E-state index contributed by atoms with van der Waals surface area (Å²) in [7, 11) is 0. The van der Waals surface area contributed by atoms with Crippen LogP contribution in [-0.4, -0.2) is 4.98 Å². The third-order valence-corrected chi connectivity index (χ3v) is 3.50. The highest BCUT2D eigenvalue weighted by Crippen LogP contribution is 2.29. The van der Waals surface area contributed by atoms with Gasteiger partial charge in [-0.2, -0.15) is 0 Å². The molecule has 0 bridgehead atoms. The summed E-state index contributed by atoms with van der Waals surface area (Å²) in [6, 6.07) is 11.5. The fourth-order valence-corrected chi connectivity index (χ4v) is 2.50. The molecule has 0 N–H and O–H groups in total. The van der Waals surface area contributed by atoms with E-state index in [1.54, 1.807) is 0 Å². The molecule has 3 rings (SSSR count). The predicted octanol–water partition coefficient (Wildman–Crippen LogP) is 5.20. The molecule has 0 aliphatic carbocycles. The average molecular weight is 292 g/mol. The zero-order chi connectivity index (χ0) is 13.4. The van der Waals surface area contributed by atoms with Crippen LogP contribution in [0.4, 0.5) is 0 Å². The Morgan fingerprint density at radius 3 is 2.84 bits per heavy atom. The number of oxazole rings is 1. The molecule has 0 atom stereocenters. The fourth-order valence-electron chi connectivity index (χ4n) is 2.07. The SMILES string of the molecule is Cc1cc(Cl)cc2nc(-c3cccc(CCl)c3)oc12. The fraction of sp³-hybridized carbons (Fsp3) is 0.133. The Balaban J connectivity index is 2.17. The Labute approximate surface area is 121 Å². The summed E-state index contributed by atoms with van der Waals surface area (Å²) in [4.78, 5) is 4.49. The van der Waals surface area contributed by atoms with Crippen LogP contribution in [0, 0.1) is 6.92 Å². The summed E-state index contributed by atoms with van der Waals surface area (Å²) in [5.41, 5.74) is 4.49. The molecule has 19 heavy (non-hydrogen) atoms. The number of fused-ring (bicyclic) bond motifs is 1. The minimum atomic E-state index is 0.471. The van der Waals surface area contributed by atoms with Crippen molar-refractivity contribution in [2.24, 2.45) is 0 Å². The first kappa shape index (κ1) is 12.5. The smallest absolute Gasteiger partial charge is 0.227 e. The van der Waals surface area contributed by atoms with Crippen LogP contribution in [0.1, 0.15) is 11.1 Å². The van der Waals surface area contributed by atoms with Crippen molar-refractivity contribution < 1.29 is 4.42 Å². The minimum absolute atomic E-state index is 0.471. The Bertz CT molecular complexity index is 749. The van der Waals surface area contributed by atoms with E-state index in [0.717, 1.165) is 27.8 Å². The monoisotopic (exact) mass is 291 g/mol. The second-order valence-electron chi connectivity index (χ2n) is 4.42. The maximum atomic E-state index is 6.03. The molecule has 1 heterocycles. The van der Waals surface area contributed by atoms with Gasteiger partial charge in [-0.1, -0.05) is 23.7 Å². The predicted molar refractivity (Wildman–Crippen MR) is 78.7 cm³/mol. The Hall–Kier alpha value is -1.51. The van der Waals surface area contributed by atoms with Crippen LogP contribution in [0.2, 0.25) is 5.02 Å². The Kier molecular flexibility index (Phi) is 3.21. The molecule has 0 unspecified atom stereocenters. The number of aromatic nitrogens is 1. The van der Waals surface area contributed by atoms with Gasteiger partial charge in [0.1, 0.15) is 5.52 Å². The zero-order valence-corrected chi connectivity index (χ0v) is 11.8. The first-order valence-corrected chi connectivity index (χ1v) is 6.80. The molecule has 0 aliphatic heterocycles. The highest BCUT2D eigenvalue weighted by atomic mass is 35.5. The molecule has 3 aromatic rings. The van der Waals surface area contributed by atoms with E-state index in [9.17, 15) is 0 Å². The minimum Gasteiger partial charge on any atom is -0.436 e. The van der Waals surface area contributed by atoms with Crippen LogP contribution in [0.3, 0.4) is 0 Å². The quantitative estimate of drug-likeness (QED) is 0.607. The van der Waals surface area contributed by atoms with Gasteiger partial charge >= 0.3 is 0 Å². The second kappa shape index (κ2) is 4.87. The van der Waals surface area contributed by atoms with Gasteiger partial charge in [-0.15, -0.1) is 11.6 Å². The molecular formula is C15H11Cl2NO. The van der Waals surface area contributed by atoms with Crippen molar-refractivity contribution in [1.29, 1.82) is 0 Å². The number of nitrogens with zero attached hydrogens (tertiary/aromatic N) is 1. The summed E-state index contributed by atoms with van der Waals surface area (Å²) >= 11 is 11.9. The van der Waals surface area contributed by atoms with Crippen LogP contribution in [0.5, 0.6) is 0 Å². The van der Waals surface area contributed by atoms with E-state index < -0.39 is 0 Å². The van der Waals surface area contributed by atoms with Gasteiger partial charge in [0.2, 0.25) is 5.89 Å². The van der Waals surface area contributed by atoms with Crippen LogP contribution in [0.15, 0.2) is 40.8 Å². The van der Waals surface area contributed by atoms with Gasteiger partial charge in [-0.05, 0) is 42.3 Å². The highest BCUT2D eigenvalue weighted by molar-refractivity contribution is 6.31. The summed E-state index contributed by atoms with van der Waals surface area (Å²) in [6.07, 6.45) is 0. The molecule has 1 aromatic heterocycles. The van der Waals surface area contributed by atoms with Crippen molar-refractivity contribution >= 4 is 34.3 Å². The van der Waals surface area contributed by atoms with Crippen LogP contribution in [-0.2, 0) is 5.88 Å². The Morgan fingerprint density at radius 1 is 1.21 bits per heavy atom. The first-order valence-electron chi connectivity index (χ1n) is 5.89. The number of aryl methyl sites for hydroxylation is 1. The lowest BCUT2D eigenvalue weighted by Gasteiger charge is -1.98. The maximum Gasteiger partial charge on any atom is 0.227 e. The number of benzene rings is 2. The van der Waals surface area contributed by atoms with Crippen molar-refractivity contribution in [3.8, 4) is 11.5 Å². The van der Waals surface area contributed by atoms with Crippen LogP contribution >= 0.6 is 23.2 Å². The second-order valence-corrected chi connectivity index (χ2v) is 5.13. The molecule has 2 nitrogen and oxygen atoms in total. The van der Waals surface area contributed by atoms with E-state index in [1.807, 2.05) is 43.3 Å². The number of hydrogen-bond donors (Lipinski definition) is 0. The lowest BCUT2D eigenvalue weighted by molar-refractivity contribution is 0.617. The lowest BCUT2D eigenvalue weighted by atomic mass is 10.1. The van der Waals surface area contributed by atoms with Gasteiger partial charge < -0.3 is 4.42 Å². The summed E-state index contributed by atoms with van der Waals surface area (Å²) in [6.45, 7) is 1.96. The molecular weight excluding hydrogens is 281 g/mol. The maximum absolute atomic E-state index is 6.03. The average Bonchev–Trinajstić information content (AvgIpc) is 2.83. The van der Waals surface area contributed by atoms with Gasteiger partial charge in [0.25, 0.3) is 0 Å². The topological polar surface area (TPSA) is 26.0 Å². The van der Waals surface area contributed by atoms with Crippen LogP contribution in [0.25, 0.3) is 22.6 Å². The number of hydrogen-bond acceptors (Lipinski definition) is 2. The zero-order valence-electron chi connectivity index (χ0n) is 10.3. The van der Waals surface area contributed by atoms with Crippen molar-refractivity contribution in [1.82, 2.24) is 4.98 Å². The van der Waals surface area contributed by atoms with Crippen molar-refractivity contribution in [2.75, 3.05) is 0 Å². The molecule has 0 amide bonds. The molecule has 96 valence electrons. The van der Waals surface area contributed by atoms with Crippen molar-refractivity contribution in [3.63, 3.8) is 0 Å². The number of alkyl halides is 1. The molecule has 0 saturated carbocycles. The summed E-state index contributed by atoms with van der Waals surface area (Å²) in [5, 5.41) is 0.666. The number of halogens is 2. The van der Waals surface area contributed by atoms with Gasteiger partial charge in [-0.3, -0.25) is 0 Å². The van der Waals surface area contributed by atoms with Gasteiger partial charge in [0, 0.05) is 16.5 Å². The normalized spacial score (nSPS) is 11.1. The van der Waals surface area contributed by atoms with E-state index in [0.29, 0.717) is 16.8 Å². The highest BCUT2D eigenvalue weighted by Gasteiger charge is 2.11. The number of rotatable bonds is 2. The van der Waals surface area contributed by atoms with Crippen molar-refractivity contribution in [2.45, 2.75) is 12.8 Å². The van der Waals surface area contributed by atoms with E-state index in [2.05, 4.69) is 4.98 Å². The molecule has 0 fully saturated rings. The molecule has 2 aromatic carbocycles. The van der Waals surface area contributed by atoms with Gasteiger partial charge in [0.15, 0.2) is 5.58 Å². The molecule has 0 radical (unpaired) electrons. The largest absolute Gasteiger partial charge is 0.436 e. The van der Waals surface area contributed by atoms with Gasteiger partial charge in [-0.25, -0.2) is 4.98 Å². The van der Waals surface area contributed by atoms with Gasteiger partial charge in [0.05, 0.1) is 0 Å². The molecule has 4 heteroatoms. The molecule has 0 spiro atoms. The first-order chi connectivity index (χ1) is 9.17. The van der Waals surface area contributed by atoms with E-state index in [4.69, 9.17) is 27.6 Å². The van der Waals surface area contributed by atoms with Crippen LogP contribution < -0.4 is 0 Å². The Morgan fingerprint density at radius 2 is 2.05 bits per heavy atom. The standard InChI is InChI=1S/C15H11Cl2NO/c1-9-5-12(17)7-13-14(9)19-15(18-13)11-4-2-3-10(6-11)8-16/h2-7H,8H2,1H3. The van der Waals surface area contributed by atoms with E-state index in [1.165, 1.54) is 0 Å². The van der Waals surface area contributed by atoms with Crippen molar-refractivity contribution in [3.05, 3.63) is 52.5 Å². The van der Waals surface area contributed by atoms with E-state index >= 15 is 0 Å². The lowest BCUT2D eigenvalue weighted by Crippen LogP contribution is -1.81. The molecule has 0 saturated heterocycles. The summed E-state index contributed by atoms with van der Waals surface area (Å²) < 4.78 is 5.83. The third-order valence-electron chi connectivity index (χ3n) is 2.97. The third kappa shape index (κ3) is 2.34. The molecule has 0 aliphatic rings.